The van der Waals surface area contributed by atoms with Gasteiger partial charge < -0.3 is 5.32 Å². The Morgan fingerprint density at radius 2 is 2.31 bits per heavy atom. The van der Waals surface area contributed by atoms with E-state index in [0.29, 0.717) is 11.0 Å². The average Bonchev–Trinajstić information content (AvgIpc) is 2.88. The number of nitrogens with zero attached hydrogens (tertiary/aromatic N) is 1. The molecule has 1 fully saturated rings. The molecule has 0 aliphatic heterocycles. The molecule has 0 aromatic carbocycles. The van der Waals surface area contributed by atoms with Crippen LogP contribution in [0.3, 0.4) is 0 Å². The number of hydrogen-bond donors (Lipinski definition) is 1. The van der Waals surface area contributed by atoms with Crippen molar-refractivity contribution in [3.8, 4) is 0 Å². The highest BCUT2D eigenvalue weighted by Crippen LogP contribution is 2.25. The van der Waals surface area contributed by atoms with E-state index in [-0.39, 0.29) is 5.91 Å². The summed E-state index contributed by atoms with van der Waals surface area (Å²) in [6.45, 7) is 1.90. The fourth-order valence-corrected chi connectivity index (χ4v) is 2.98. The van der Waals surface area contributed by atoms with E-state index in [9.17, 15) is 4.79 Å². The summed E-state index contributed by atoms with van der Waals surface area (Å²) in [4.78, 5) is 16.1. The normalized spacial score (nSPS) is 18.6. The van der Waals surface area contributed by atoms with Crippen LogP contribution in [0.4, 0.5) is 0 Å². The number of amides is 1. The number of halogens is 1. The van der Waals surface area contributed by atoms with Gasteiger partial charge >= 0.3 is 0 Å². The number of hydrogen-bond acceptors (Lipinski definition) is 3. The third-order valence-corrected chi connectivity index (χ3v) is 4.35. The van der Waals surface area contributed by atoms with Crippen molar-refractivity contribution in [1.29, 1.82) is 0 Å². The summed E-state index contributed by atoms with van der Waals surface area (Å²) >= 11 is 7.52. The van der Waals surface area contributed by atoms with E-state index in [0.717, 1.165) is 18.5 Å². The van der Waals surface area contributed by atoms with Gasteiger partial charge in [-0.05, 0) is 19.8 Å². The van der Waals surface area contributed by atoms with Gasteiger partial charge in [0.15, 0.2) is 5.38 Å². The lowest BCUT2D eigenvalue weighted by Crippen LogP contribution is -2.34. The summed E-state index contributed by atoms with van der Waals surface area (Å²) in [5.74, 6) is -0.108. The Hall–Kier alpha value is -0.610. The lowest BCUT2D eigenvalue weighted by Gasteiger charge is -2.13. The number of rotatable bonds is 3. The molecule has 1 unspecified atom stereocenters. The van der Waals surface area contributed by atoms with Gasteiger partial charge in [0.25, 0.3) is 0 Å². The quantitative estimate of drug-likeness (QED) is 0.847. The van der Waals surface area contributed by atoms with E-state index >= 15 is 0 Å². The number of carbonyl (C=O) groups excluding carboxylic acids is 1. The first-order valence-corrected chi connectivity index (χ1v) is 6.85. The van der Waals surface area contributed by atoms with E-state index in [1.165, 1.54) is 24.2 Å². The molecule has 2 rings (SSSR count). The lowest BCUT2D eigenvalue weighted by atomic mass is 10.2. The minimum absolute atomic E-state index is 0.108. The van der Waals surface area contributed by atoms with E-state index in [4.69, 9.17) is 11.6 Å². The largest absolute Gasteiger partial charge is 0.352 e. The third-order valence-electron chi connectivity index (χ3n) is 2.79. The van der Waals surface area contributed by atoms with Crippen LogP contribution in [0.25, 0.3) is 0 Å². The van der Waals surface area contributed by atoms with Crippen LogP contribution < -0.4 is 5.32 Å². The minimum atomic E-state index is -0.640. The first-order valence-electron chi connectivity index (χ1n) is 5.53. The molecule has 88 valence electrons. The second kappa shape index (κ2) is 5.15. The predicted molar refractivity (Wildman–Crippen MR) is 65.8 cm³/mol. The number of carbonyl (C=O) groups is 1. The first kappa shape index (κ1) is 11.9. The first-order chi connectivity index (χ1) is 7.66. The van der Waals surface area contributed by atoms with E-state index in [1.54, 1.807) is 0 Å². The molecular weight excluding hydrogens is 244 g/mol. The van der Waals surface area contributed by atoms with Crippen molar-refractivity contribution in [1.82, 2.24) is 10.3 Å². The molecule has 3 nitrogen and oxygen atoms in total. The zero-order chi connectivity index (χ0) is 11.5. The van der Waals surface area contributed by atoms with Crippen LogP contribution in [0, 0.1) is 6.92 Å². The van der Waals surface area contributed by atoms with Crippen molar-refractivity contribution in [2.24, 2.45) is 0 Å². The van der Waals surface area contributed by atoms with Crippen molar-refractivity contribution < 1.29 is 4.79 Å². The second-order valence-electron chi connectivity index (χ2n) is 4.18. The molecule has 1 heterocycles. The highest BCUT2D eigenvalue weighted by Gasteiger charge is 2.24. The highest BCUT2D eigenvalue weighted by atomic mass is 35.5. The van der Waals surface area contributed by atoms with E-state index in [1.807, 2.05) is 12.3 Å². The summed E-state index contributed by atoms with van der Waals surface area (Å²) in [5.41, 5.74) is 0.916. The van der Waals surface area contributed by atoms with Gasteiger partial charge in [-0.2, -0.15) is 0 Å². The molecule has 0 spiro atoms. The molecule has 0 radical (unpaired) electrons. The summed E-state index contributed by atoms with van der Waals surface area (Å²) < 4.78 is 0. The van der Waals surface area contributed by atoms with Gasteiger partial charge in [0.2, 0.25) is 5.91 Å². The number of aromatic nitrogens is 1. The van der Waals surface area contributed by atoms with E-state index < -0.39 is 5.38 Å². The van der Waals surface area contributed by atoms with Crippen molar-refractivity contribution in [3.63, 3.8) is 0 Å². The fraction of sp³-hybridized carbons (Fsp3) is 0.636. The maximum atomic E-state index is 11.8. The molecule has 16 heavy (non-hydrogen) atoms. The molecule has 1 saturated carbocycles. The minimum Gasteiger partial charge on any atom is -0.352 e. The van der Waals surface area contributed by atoms with Crippen LogP contribution in [0.2, 0.25) is 0 Å². The summed E-state index contributed by atoms with van der Waals surface area (Å²) in [6, 6.07) is 0.315. The van der Waals surface area contributed by atoms with Gasteiger partial charge in [0, 0.05) is 17.1 Å². The Balaban J connectivity index is 1.93. The molecule has 1 aliphatic rings. The Morgan fingerprint density at radius 1 is 1.62 bits per heavy atom. The number of thiazole rings is 1. The third kappa shape index (κ3) is 2.74. The van der Waals surface area contributed by atoms with Crippen LogP contribution >= 0.6 is 22.9 Å². The average molecular weight is 259 g/mol. The molecule has 5 heteroatoms. The maximum Gasteiger partial charge on any atom is 0.245 e. The predicted octanol–water partition coefficient (Wildman–Crippen LogP) is 2.79. The summed E-state index contributed by atoms with van der Waals surface area (Å²) in [7, 11) is 0. The molecule has 1 N–H and O–H groups in total. The van der Waals surface area contributed by atoms with Crippen molar-refractivity contribution in [2.75, 3.05) is 0 Å². The smallest absolute Gasteiger partial charge is 0.245 e. The molecular formula is C11H15ClN2OS. The Bertz CT molecular complexity index is 374. The van der Waals surface area contributed by atoms with Crippen molar-refractivity contribution in [2.45, 2.75) is 44.0 Å². The van der Waals surface area contributed by atoms with Gasteiger partial charge in [-0.15, -0.1) is 22.9 Å². The monoisotopic (exact) mass is 258 g/mol. The van der Waals surface area contributed by atoms with E-state index in [2.05, 4.69) is 10.3 Å². The number of aryl methyl sites for hydroxylation is 1. The van der Waals surface area contributed by atoms with Gasteiger partial charge in [-0.25, -0.2) is 4.98 Å². The van der Waals surface area contributed by atoms with Gasteiger partial charge in [-0.1, -0.05) is 12.8 Å². The Kier molecular flexibility index (Phi) is 3.82. The van der Waals surface area contributed by atoms with Gasteiger partial charge in [0.1, 0.15) is 5.01 Å². The van der Waals surface area contributed by atoms with Crippen LogP contribution in [0.15, 0.2) is 5.38 Å². The zero-order valence-electron chi connectivity index (χ0n) is 9.20. The highest BCUT2D eigenvalue weighted by molar-refractivity contribution is 7.10. The summed E-state index contributed by atoms with van der Waals surface area (Å²) in [5, 5.41) is 4.94. The molecule has 0 saturated heterocycles. The number of nitrogens with one attached hydrogen (secondary N) is 1. The number of alkyl halides is 1. The standard InChI is InChI=1S/C11H15ClN2OS/c1-7-6-16-11(13-7)9(12)10(15)14-8-4-2-3-5-8/h6,8-9H,2-5H2,1H3,(H,14,15). The topological polar surface area (TPSA) is 42.0 Å². The van der Waals surface area contributed by atoms with Gasteiger partial charge in [-0.3, -0.25) is 4.79 Å². The molecule has 1 amide bonds. The van der Waals surface area contributed by atoms with Gasteiger partial charge in [0.05, 0.1) is 0 Å². The van der Waals surface area contributed by atoms with Crippen molar-refractivity contribution >= 4 is 28.8 Å². The summed E-state index contributed by atoms with van der Waals surface area (Å²) in [6.07, 6.45) is 4.56. The van der Waals surface area contributed by atoms with Crippen LogP contribution in [-0.2, 0) is 4.79 Å². The molecule has 1 aliphatic carbocycles. The van der Waals surface area contributed by atoms with Crippen LogP contribution in [0.5, 0.6) is 0 Å². The zero-order valence-corrected chi connectivity index (χ0v) is 10.8. The lowest BCUT2D eigenvalue weighted by molar-refractivity contribution is -0.121. The second-order valence-corrected chi connectivity index (χ2v) is 5.51. The molecule has 1 aromatic heterocycles. The SMILES string of the molecule is Cc1csc(C(Cl)C(=O)NC2CCCC2)n1. The maximum absolute atomic E-state index is 11.8. The molecule has 1 aromatic rings. The van der Waals surface area contributed by atoms with Crippen molar-refractivity contribution in [3.05, 3.63) is 16.1 Å². The Labute approximate surface area is 104 Å². The fourth-order valence-electron chi connectivity index (χ4n) is 1.95. The Morgan fingerprint density at radius 3 is 2.88 bits per heavy atom. The van der Waals surface area contributed by atoms with Crippen LogP contribution in [0.1, 0.15) is 41.8 Å². The van der Waals surface area contributed by atoms with Crippen LogP contribution in [-0.4, -0.2) is 16.9 Å². The molecule has 0 bridgehead atoms. The molecule has 1 atom stereocenters.